The molecule has 2 aliphatic heterocycles. The molecule has 2 heterocycles. The van der Waals surface area contributed by atoms with E-state index in [1.165, 1.54) is 36.0 Å². The topological polar surface area (TPSA) is 65.0 Å². The predicted octanol–water partition coefficient (Wildman–Crippen LogP) is 1.40. The molecule has 6 nitrogen and oxygen atoms in total. The van der Waals surface area contributed by atoms with E-state index in [0.717, 1.165) is 26.2 Å². The predicted molar refractivity (Wildman–Crippen MR) is 92.5 cm³/mol. The number of aliphatic imine (C=N–C) groups is 1. The highest BCUT2D eigenvalue weighted by Gasteiger charge is 2.33. The molecule has 8 heteroatoms. The number of anilines is 1. The van der Waals surface area contributed by atoms with Gasteiger partial charge < -0.3 is 15.1 Å². The minimum absolute atomic E-state index is 0.0572. The first-order valence-electron chi connectivity index (χ1n) is 7.79. The highest BCUT2D eigenvalue weighted by molar-refractivity contribution is 8.15. The second-order valence-electron chi connectivity index (χ2n) is 5.89. The van der Waals surface area contributed by atoms with Gasteiger partial charge in [0.05, 0.1) is 0 Å². The average Bonchev–Trinajstić information content (AvgIpc) is 2.91. The van der Waals surface area contributed by atoms with Gasteiger partial charge in [-0.2, -0.15) is 4.99 Å². The van der Waals surface area contributed by atoms with Crippen LogP contribution in [-0.4, -0.2) is 65.3 Å². The van der Waals surface area contributed by atoms with Crippen molar-refractivity contribution in [1.29, 1.82) is 0 Å². The van der Waals surface area contributed by atoms with Crippen molar-refractivity contribution in [2.24, 2.45) is 4.99 Å². The Morgan fingerprint density at radius 1 is 1.29 bits per heavy atom. The third-order valence-corrected chi connectivity index (χ3v) is 5.21. The van der Waals surface area contributed by atoms with Crippen molar-refractivity contribution >= 4 is 34.4 Å². The zero-order valence-electron chi connectivity index (χ0n) is 13.4. The van der Waals surface area contributed by atoms with Crippen LogP contribution in [0.4, 0.5) is 10.1 Å². The molecule has 0 radical (unpaired) electrons. The van der Waals surface area contributed by atoms with E-state index in [1.54, 1.807) is 0 Å². The molecule has 0 bridgehead atoms. The van der Waals surface area contributed by atoms with Crippen LogP contribution in [0.1, 0.15) is 6.42 Å². The second-order valence-corrected chi connectivity index (χ2v) is 7.06. The SMILES string of the molecule is CN1CCN(C2=NC(=O)[C@H](CC(=O)Nc3ccc(F)cc3)S2)CC1. The van der Waals surface area contributed by atoms with Crippen LogP contribution < -0.4 is 5.32 Å². The maximum Gasteiger partial charge on any atom is 0.262 e. The monoisotopic (exact) mass is 350 g/mol. The molecule has 1 fully saturated rings. The van der Waals surface area contributed by atoms with Gasteiger partial charge in [0.25, 0.3) is 5.91 Å². The van der Waals surface area contributed by atoms with Crippen molar-refractivity contribution in [1.82, 2.24) is 9.80 Å². The first-order valence-corrected chi connectivity index (χ1v) is 8.67. The number of thioether (sulfide) groups is 1. The van der Waals surface area contributed by atoms with Crippen LogP contribution in [0, 0.1) is 5.82 Å². The lowest BCUT2D eigenvalue weighted by atomic mass is 10.2. The molecule has 24 heavy (non-hydrogen) atoms. The molecule has 2 aliphatic rings. The first kappa shape index (κ1) is 16.9. The van der Waals surface area contributed by atoms with Gasteiger partial charge in [0.2, 0.25) is 5.91 Å². The number of hydrogen-bond acceptors (Lipinski definition) is 5. The molecule has 0 spiro atoms. The fourth-order valence-corrected chi connectivity index (χ4v) is 3.67. The van der Waals surface area contributed by atoms with Crippen LogP contribution in [0.3, 0.4) is 0 Å². The number of piperazine rings is 1. The molecule has 1 saturated heterocycles. The van der Waals surface area contributed by atoms with Crippen LogP contribution in [0.15, 0.2) is 29.3 Å². The zero-order chi connectivity index (χ0) is 17.1. The molecular weight excluding hydrogens is 331 g/mol. The maximum absolute atomic E-state index is 12.9. The van der Waals surface area contributed by atoms with Crippen LogP contribution in [-0.2, 0) is 9.59 Å². The Balaban J connectivity index is 1.52. The molecule has 0 saturated carbocycles. The Hall–Kier alpha value is -1.93. The van der Waals surface area contributed by atoms with Crippen LogP contribution in [0.25, 0.3) is 0 Å². The third kappa shape index (κ3) is 4.12. The van der Waals surface area contributed by atoms with Crippen molar-refractivity contribution < 1.29 is 14.0 Å². The average molecular weight is 350 g/mol. The summed E-state index contributed by atoms with van der Waals surface area (Å²) in [7, 11) is 2.06. The largest absolute Gasteiger partial charge is 0.349 e. The van der Waals surface area contributed by atoms with E-state index >= 15 is 0 Å². The summed E-state index contributed by atoms with van der Waals surface area (Å²) in [6, 6.07) is 5.53. The summed E-state index contributed by atoms with van der Waals surface area (Å²) in [6.45, 7) is 3.54. The number of halogens is 1. The number of carbonyl (C=O) groups is 2. The fourth-order valence-electron chi connectivity index (χ4n) is 2.56. The van der Waals surface area contributed by atoms with Crippen LogP contribution in [0.5, 0.6) is 0 Å². The summed E-state index contributed by atoms with van der Waals surface area (Å²) in [5.41, 5.74) is 0.511. The third-order valence-electron chi connectivity index (χ3n) is 4.00. The van der Waals surface area contributed by atoms with Gasteiger partial charge in [-0.15, -0.1) is 0 Å². The Morgan fingerprint density at radius 2 is 1.96 bits per heavy atom. The lowest BCUT2D eigenvalue weighted by Gasteiger charge is -2.33. The van der Waals surface area contributed by atoms with Crippen LogP contribution >= 0.6 is 11.8 Å². The molecule has 2 amide bonds. The number of carbonyl (C=O) groups excluding carboxylic acids is 2. The summed E-state index contributed by atoms with van der Waals surface area (Å²) in [5.74, 6) is -0.898. The molecule has 0 aliphatic carbocycles. The number of likely N-dealkylation sites (N-methyl/N-ethyl adjacent to an activating group) is 1. The van der Waals surface area contributed by atoms with Gasteiger partial charge in [0.15, 0.2) is 5.17 Å². The standard InChI is InChI=1S/C16H19FN4O2S/c1-20-6-8-21(9-7-20)16-19-15(23)13(24-16)10-14(22)18-12-4-2-11(17)3-5-12/h2-5,13H,6-10H2,1H3,(H,18,22)/t13-/m0/s1. The Bertz CT molecular complexity index is 657. The van der Waals surface area contributed by atoms with Gasteiger partial charge in [-0.05, 0) is 31.3 Å². The molecule has 0 unspecified atom stereocenters. The van der Waals surface area contributed by atoms with Gasteiger partial charge in [0.1, 0.15) is 11.1 Å². The molecule has 128 valence electrons. The quantitative estimate of drug-likeness (QED) is 0.893. The normalized spacial score (nSPS) is 21.8. The van der Waals surface area contributed by atoms with Gasteiger partial charge in [-0.25, -0.2) is 4.39 Å². The van der Waals surface area contributed by atoms with E-state index in [0.29, 0.717) is 10.9 Å². The van der Waals surface area contributed by atoms with Gasteiger partial charge in [-0.3, -0.25) is 9.59 Å². The van der Waals surface area contributed by atoms with Crippen molar-refractivity contribution in [3.05, 3.63) is 30.1 Å². The van der Waals surface area contributed by atoms with Gasteiger partial charge >= 0.3 is 0 Å². The summed E-state index contributed by atoms with van der Waals surface area (Å²) >= 11 is 1.35. The maximum atomic E-state index is 12.9. The number of hydrogen-bond donors (Lipinski definition) is 1. The summed E-state index contributed by atoms with van der Waals surface area (Å²) in [4.78, 5) is 32.6. The Morgan fingerprint density at radius 3 is 2.62 bits per heavy atom. The first-order chi connectivity index (χ1) is 11.5. The summed E-state index contributed by atoms with van der Waals surface area (Å²) < 4.78 is 12.9. The molecule has 1 N–H and O–H groups in total. The number of nitrogens with zero attached hydrogens (tertiary/aromatic N) is 3. The number of amidine groups is 1. The summed E-state index contributed by atoms with van der Waals surface area (Å²) in [6.07, 6.45) is 0.0572. The van der Waals surface area contributed by atoms with Crippen molar-refractivity contribution in [2.75, 3.05) is 38.5 Å². The Kier molecular flexibility index (Phi) is 5.15. The lowest BCUT2D eigenvalue weighted by molar-refractivity contribution is -0.121. The number of rotatable bonds is 3. The minimum Gasteiger partial charge on any atom is -0.349 e. The number of benzene rings is 1. The lowest BCUT2D eigenvalue weighted by Crippen LogP contribution is -2.46. The number of nitrogens with one attached hydrogen (secondary N) is 1. The molecule has 0 aromatic heterocycles. The molecule has 1 aromatic carbocycles. The highest BCUT2D eigenvalue weighted by Crippen LogP contribution is 2.28. The second kappa shape index (κ2) is 7.31. The van der Waals surface area contributed by atoms with E-state index < -0.39 is 5.25 Å². The minimum atomic E-state index is -0.486. The Labute approximate surface area is 144 Å². The van der Waals surface area contributed by atoms with E-state index in [-0.39, 0.29) is 24.1 Å². The fraction of sp³-hybridized carbons (Fsp3) is 0.438. The highest BCUT2D eigenvalue weighted by atomic mass is 32.2. The molecule has 1 aromatic rings. The van der Waals surface area contributed by atoms with Crippen molar-refractivity contribution in [3.63, 3.8) is 0 Å². The van der Waals surface area contributed by atoms with Crippen LogP contribution in [0.2, 0.25) is 0 Å². The van der Waals surface area contributed by atoms with E-state index in [1.807, 2.05) is 0 Å². The number of amides is 2. The molecule has 1 atom stereocenters. The van der Waals surface area contributed by atoms with E-state index in [2.05, 4.69) is 27.2 Å². The zero-order valence-corrected chi connectivity index (χ0v) is 14.2. The molecular formula is C16H19FN4O2S. The van der Waals surface area contributed by atoms with E-state index in [9.17, 15) is 14.0 Å². The van der Waals surface area contributed by atoms with E-state index in [4.69, 9.17) is 0 Å². The smallest absolute Gasteiger partial charge is 0.262 e. The summed E-state index contributed by atoms with van der Waals surface area (Å²) in [5, 5.41) is 2.90. The van der Waals surface area contributed by atoms with Gasteiger partial charge in [0, 0.05) is 38.3 Å². The molecule has 3 rings (SSSR count). The van der Waals surface area contributed by atoms with Gasteiger partial charge in [-0.1, -0.05) is 11.8 Å². The van der Waals surface area contributed by atoms with Crippen molar-refractivity contribution in [2.45, 2.75) is 11.7 Å². The van der Waals surface area contributed by atoms with Crippen molar-refractivity contribution in [3.8, 4) is 0 Å².